The molecule has 0 radical (unpaired) electrons. The summed E-state index contributed by atoms with van der Waals surface area (Å²) in [5, 5.41) is 8.92. The van der Waals surface area contributed by atoms with Crippen LogP contribution in [-0.4, -0.2) is 64.5 Å². The average molecular weight is 386 g/mol. The van der Waals surface area contributed by atoms with E-state index in [9.17, 15) is 9.59 Å². The second-order valence-electron chi connectivity index (χ2n) is 8.70. The Morgan fingerprint density at radius 1 is 1.07 bits per heavy atom. The number of carboxylic acid groups (broad SMARTS) is 1. The highest BCUT2D eigenvalue weighted by Crippen LogP contribution is 2.26. The summed E-state index contributed by atoms with van der Waals surface area (Å²) in [6.45, 7) is 2.99. The first-order valence-corrected chi connectivity index (χ1v) is 10.8. The molecular weight excluding hydrogens is 354 g/mol. The normalized spacial score (nSPS) is 23.6. The van der Waals surface area contributed by atoms with Crippen molar-refractivity contribution in [3.63, 3.8) is 0 Å². The molecule has 152 valence electrons. The Hall–Kier alpha value is -1.95. The van der Waals surface area contributed by atoms with Gasteiger partial charge < -0.3 is 10.0 Å². The second kappa shape index (κ2) is 8.60. The number of rotatable bonds is 5. The molecule has 1 aromatic rings. The van der Waals surface area contributed by atoms with Gasteiger partial charge in [0, 0.05) is 31.0 Å². The quantitative estimate of drug-likeness (QED) is 0.841. The third-order valence-corrected chi connectivity index (χ3v) is 6.64. The number of nitrogens with zero attached hydrogens (tertiary/aromatic N) is 3. The molecule has 1 atom stereocenters. The molecule has 0 aromatic carbocycles. The van der Waals surface area contributed by atoms with Crippen molar-refractivity contribution in [1.82, 2.24) is 14.8 Å². The van der Waals surface area contributed by atoms with Gasteiger partial charge in [-0.15, -0.1) is 0 Å². The van der Waals surface area contributed by atoms with E-state index in [0.29, 0.717) is 19.0 Å². The predicted octanol–water partition coefficient (Wildman–Crippen LogP) is 2.15. The van der Waals surface area contributed by atoms with Crippen LogP contribution in [0.2, 0.25) is 0 Å². The minimum absolute atomic E-state index is 0.0294. The van der Waals surface area contributed by atoms with Crippen LogP contribution in [0.15, 0.2) is 12.1 Å². The van der Waals surface area contributed by atoms with Crippen LogP contribution in [0.25, 0.3) is 0 Å². The topological polar surface area (TPSA) is 73.7 Å². The lowest BCUT2D eigenvalue weighted by Gasteiger charge is -2.33. The predicted molar refractivity (Wildman–Crippen MR) is 106 cm³/mol. The molecule has 0 bridgehead atoms. The van der Waals surface area contributed by atoms with Gasteiger partial charge in [-0.3, -0.25) is 19.5 Å². The zero-order chi connectivity index (χ0) is 19.5. The van der Waals surface area contributed by atoms with E-state index >= 15 is 0 Å². The Balaban J connectivity index is 1.25. The molecule has 0 saturated carbocycles. The molecule has 4 rings (SSSR count). The number of aromatic nitrogens is 1. The van der Waals surface area contributed by atoms with Crippen molar-refractivity contribution < 1.29 is 14.7 Å². The number of likely N-dealkylation sites (tertiary alicyclic amines) is 2. The molecule has 1 N–H and O–H groups in total. The third-order valence-electron chi connectivity index (χ3n) is 6.64. The van der Waals surface area contributed by atoms with Crippen molar-refractivity contribution in [2.45, 2.75) is 51.4 Å². The van der Waals surface area contributed by atoms with Gasteiger partial charge in [-0.25, -0.2) is 0 Å². The van der Waals surface area contributed by atoms with Gasteiger partial charge in [0.05, 0.1) is 12.5 Å². The molecule has 6 heteroatoms. The maximum Gasteiger partial charge on any atom is 0.317 e. The molecule has 1 amide bonds. The van der Waals surface area contributed by atoms with Crippen LogP contribution in [0.3, 0.4) is 0 Å². The summed E-state index contributed by atoms with van der Waals surface area (Å²) >= 11 is 0. The van der Waals surface area contributed by atoms with Crippen molar-refractivity contribution in [1.29, 1.82) is 0 Å². The minimum atomic E-state index is -0.815. The lowest BCUT2D eigenvalue weighted by atomic mass is 9.90. The van der Waals surface area contributed by atoms with Gasteiger partial charge in [-0.2, -0.15) is 0 Å². The Labute approximate surface area is 166 Å². The van der Waals surface area contributed by atoms with Crippen LogP contribution >= 0.6 is 0 Å². The molecule has 2 saturated heterocycles. The fourth-order valence-electron chi connectivity index (χ4n) is 5.02. The fourth-order valence-corrected chi connectivity index (χ4v) is 5.02. The van der Waals surface area contributed by atoms with Crippen LogP contribution in [0.1, 0.15) is 49.1 Å². The van der Waals surface area contributed by atoms with Crippen LogP contribution in [-0.2, 0) is 28.9 Å². The van der Waals surface area contributed by atoms with Crippen molar-refractivity contribution in [2.24, 2.45) is 11.8 Å². The largest absolute Gasteiger partial charge is 0.480 e. The zero-order valence-electron chi connectivity index (χ0n) is 16.6. The van der Waals surface area contributed by atoms with Gasteiger partial charge >= 0.3 is 5.97 Å². The van der Waals surface area contributed by atoms with Gasteiger partial charge in [0.1, 0.15) is 0 Å². The maximum atomic E-state index is 12.8. The number of aryl methyl sites for hydroxylation is 2. The Morgan fingerprint density at radius 2 is 1.86 bits per heavy atom. The third kappa shape index (κ3) is 4.54. The fraction of sp³-hybridized carbons (Fsp3) is 0.682. The minimum Gasteiger partial charge on any atom is -0.480 e. The number of hydrogen-bond donors (Lipinski definition) is 1. The number of piperidine rings is 1. The number of pyridine rings is 1. The van der Waals surface area contributed by atoms with E-state index in [-0.39, 0.29) is 18.4 Å². The monoisotopic (exact) mass is 385 g/mol. The highest BCUT2D eigenvalue weighted by atomic mass is 16.4. The molecular formula is C22H31N3O3. The number of carbonyl (C=O) groups excluding carboxylic acids is 1. The molecule has 2 aliphatic heterocycles. The second-order valence-corrected chi connectivity index (χ2v) is 8.70. The summed E-state index contributed by atoms with van der Waals surface area (Å²) in [6.07, 6.45) is 8.72. The van der Waals surface area contributed by atoms with Crippen molar-refractivity contribution in [3.05, 3.63) is 29.1 Å². The Kier molecular flexibility index (Phi) is 5.95. The Bertz CT molecular complexity index is 728. The van der Waals surface area contributed by atoms with Crippen LogP contribution in [0.5, 0.6) is 0 Å². The average Bonchev–Trinajstić information content (AvgIpc) is 3.16. The summed E-state index contributed by atoms with van der Waals surface area (Å²) in [5.74, 6) is -0.0218. The number of aliphatic carboxylic acids is 1. The van der Waals surface area contributed by atoms with Gasteiger partial charge in [-0.05, 0) is 75.5 Å². The molecule has 3 aliphatic rings. The van der Waals surface area contributed by atoms with E-state index in [2.05, 4.69) is 12.1 Å². The maximum absolute atomic E-state index is 12.8. The van der Waals surface area contributed by atoms with Crippen LogP contribution in [0, 0.1) is 11.8 Å². The summed E-state index contributed by atoms with van der Waals surface area (Å²) in [5.41, 5.74) is 3.96. The first kappa shape index (κ1) is 19.4. The molecule has 1 aliphatic carbocycles. The van der Waals surface area contributed by atoms with Crippen molar-refractivity contribution in [3.8, 4) is 0 Å². The Morgan fingerprint density at radius 3 is 2.64 bits per heavy atom. The smallest absolute Gasteiger partial charge is 0.317 e. The number of carbonyl (C=O) groups is 2. The van der Waals surface area contributed by atoms with Crippen LogP contribution < -0.4 is 0 Å². The van der Waals surface area contributed by atoms with Gasteiger partial charge in [0.25, 0.3) is 0 Å². The van der Waals surface area contributed by atoms with E-state index in [1.807, 2.05) is 9.80 Å². The summed E-state index contributed by atoms with van der Waals surface area (Å²) < 4.78 is 0. The lowest BCUT2D eigenvalue weighted by molar-refractivity contribution is -0.139. The standard InChI is InChI=1S/C22H31N3O3/c26-21(27)15-24-10-9-18(14-24)22(28)25-11-7-16(8-12-25)13-19-6-5-17-3-1-2-4-20(17)23-19/h5-6,16,18H,1-4,7-15H2,(H,26,27)/t18-/m0/s1. The SMILES string of the molecule is O=C(O)CN1CC[C@H](C(=O)N2CCC(Cc3ccc4c(n3)CCCC4)CC2)C1. The molecule has 1 aromatic heterocycles. The highest BCUT2D eigenvalue weighted by molar-refractivity contribution is 5.79. The summed E-state index contributed by atoms with van der Waals surface area (Å²) in [7, 11) is 0. The molecule has 0 spiro atoms. The van der Waals surface area contributed by atoms with Gasteiger partial charge in [0.2, 0.25) is 5.91 Å². The molecule has 0 unspecified atom stereocenters. The lowest BCUT2D eigenvalue weighted by Crippen LogP contribution is -2.43. The first-order chi connectivity index (χ1) is 13.6. The number of carboxylic acids is 1. The van der Waals surface area contributed by atoms with E-state index in [0.717, 1.165) is 45.2 Å². The summed E-state index contributed by atoms with van der Waals surface area (Å²) in [4.78, 5) is 32.5. The van der Waals surface area contributed by atoms with Gasteiger partial charge in [-0.1, -0.05) is 6.07 Å². The van der Waals surface area contributed by atoms with E-state index in [4.69, 9.17) is 10.1 Å². The molecule has 28 heavy (non-hydrogen) atoms. The number of amides is 1. The summed E-state index contributed by atoms with van der Waals surface area (Å²) in [6, 6.07) is 4.48. The number of fused-ring (bicyclic) bond motifs is 1. The first-order valence-electron chi connectivity index (χ1n) is 10.8. The zero-order valence-corrected chi connectivity index (χ0v) is 16.6. The van der Waals surface area contributed by atoms with E-state index in [1.54, 1.807) is 0 Å². The van der Waals surface area contributed by atoms with Crippen molar-refractivity contribution in [2.75, 3.05) is 32.7 Å². The van der Waals surface area contributed by atoms with E-state index in [1.165, 1.54) is 36.2 Å². The van der Waals surface area contributed by atoms with E-state index < -0.39 is 5.97 Å². The van der Waals surface area contributed by atoms with Crippen molar-refractivity contribution >= 4 is 11.9 Å². The molecule has 6 nitrogen and oxygen atoms in total. The van der Waals surface area contributed by atoms with Gasteiger partial charge in [0.15, 0.2) is 0 Å². The molecule has 3 heterocycles. The number of hydrogen-bond acceptors (Lipinski definition) is 4. The highest BCUT2D eigenvalue weighted by Gasteiger charge is 2.33. The molecule has 2 fully saturated rings. The van der Waals surface area contributed by atoms with Crippen LogP contribution in [0.4, 0.5) is 0 Å².